The highest BCUT2D eigenvalue weighted by atomic mass is 35.5. The Morgan fingerprint density at radius 2 is 1.85 bits per heavy atom. The van der Waals surface area contributed by atoms with Crippen molar-refractivity contribution >= 4 is 28.9 Å². The van der Waals surface area contributed by atoms with Crippen LogP contribution < -0.4 is 5.32 Å². The number of piperidine rings is 1. The molecule has 2 aliphatic rings. The summed E-state index contributed by atoms with van der Waals surface area (Å²) in [5.74, 6) is -0.547. The van der Waals surface area contributed by atoms with Crippen molar-refractivity contribution in [3.8, 4) is 0 Å². The highest BCUT2D eigenvalue weighted by Crippen LogP contribution is 2.31. The fourth-order valence-corrected chi connectivity index (χ4v) is 3.49. The lowest BCUT2D eigenvalue weighted by Crippen LogP contribution is -2.47. The highest BCUT2D eigenvalue weighted by molar-refractivity contribution is 6.33. The predicted molar refractivity (Wildman–Crippen MR) is 98.7 cm³/mol. The fraction of sp³-hybridized carbons (Fsp3) is 0.368. The first-order valence-electron chi connectivity index (χ1n) is 8.70. The van der Waals surface area contributed by atoms with E-state index in [-0.39, 0.29) is 5.91 Å². The number of amides is 1. The van der Waals surface area contributed by atoms with Crippen molar-refractivity contribution in [3.63, 3.8) is 0 Å². The number of hydrogen-bond acceptors (Lipinski definition) is 5. The van der Waals surface area contributed by atoms with Gasteiger partial charge in [-0.15, -0.1) is 0 Å². The lowest BCUT2D eigenvalue weighted by Gasteiger charge is -2.37. The molecule has 3 heterocycles. The molecule has 1 aromatic heterocycles. The molecule has 2 aliphatic heterocycles. The van der Waals surface area contributed by atoms with Crippen LogP contribution in [0.15, 0.2) is 42.6 Å². The minimum atomic E-state index is -0.479. The number of pyridine rings is 1. The van der Waals surface area contributed by atoms with Crippen molar-refractivity contribution in [2.75, 3.05) is 31.6 Å². The number of hydrogen-bond donors (Lipinski definition) is 1. The van der Waals surface area contributed by atoms with Gasteiger partial charge in [-0.25, -0.2) is 4.98 Å². The Morgan fingerprint density at radius 1 is 1.12 bits per heavy atom. The van der Waals surface area contributed by atoms with Gasteiger partial charge >= 0.3 is 0 Å². The average Bonchev–Trinajstić information content (AvgIpc) is 3.12. The zero-order valence-electron chi connectivity index (χ0n) is 14.3. The molecule has 0 bridgehead atoms. The maximum Gasteiger partial charge on any atom is 0.272 e. The number of nitrogens with one attached hydrogen (secondary N) is 1. The number of nitrogens with zero attached hydrogens (tertiary/aromatic N) is 2. The molecule has 1 amide bonds. The number of ether oxygens (including phenoxy) is 2. The maximum atomic E-state index is 12.7. The van der Waals surface area contributed by atoms with E-state index < -0.39 is 5.79 Å². The normalized spacial score (nSPS) is 18.9. The van der Waals surface area contributed by atoms with Crippen LogP contribution in [-0.2, 0) is 9.47 Å². The van der Waals surface area contributed by atoms with Crippen molar-refractivity contribution in [1.82, 2.24) is 9.88 Å². The van der Waals surface area contributed by atoms with Crippen LogP contribution in [0.3, 0.4) is 0 Å². The summed E-state index contributed by atoms with van der Waals surface area (Å²) in [7, 11) is 0. The van der Waals surface area contributed by atoms with Gasteiger partial charge in [0.1, 0.15) is 5.69 Å². The molecule has 0 unspecified atom stereocenters. The Bertz CT molecular complexity index is 781. The minimum absolute atomic E-state index is 0.0675. The van der Waals surface area contributed by atoms with E-state index in [4.69, 9.17) is 21.1 Å². The van der Waals surface area contributed by atoms with E-state index in [2.05, 4.69) is 10.3 Å². The van der Waals surface area contributed by atoms with E-state index in [9.17, 15) is 4.79 Å². The first-order valence-corrected chi connectivity index (χ1v) is 9.08. The zero-order chi connectivity index (χ0) is 18.0. The molecule has 7 heteroatoms. The molecule has 26 heavy (non-hydrogen) atoms. The molecule has 2 aromatic rings. The van der Waals surface area contributed by atoms with E-state index in [0.29, 0.717) is 49.9 Å². The number of benzene rings is 1. The molecule has 1 aromatic carbocycles. The average molecular weight is 374 g/mol. The Balaban J connectivity index is 1.39. The molecule has 1 N–H and O–H groups in total. The zero-order valence-corrected chi connectivity index (χ0v) is 15.0. The third-order valence-electron chi connectivity index (χ3n) is 4.76. The quantitative estimate of drug-likeness (QED) is 0.892. The number of rotatable bonds is 3. The van der Waals surface area contributed by atoms with E-state index in [0.717, 1.165) is 11.4 Å². The van der Waals surface area contributed by atoms with Crippen molar-refractivity contribution < 1.29 is 14.3 Å². The van der Waals surface area contributed by atoms with Crippen LogP contribution in [0.25, 0.3) is 0 Å². The molecular weight excluding hydrogens is 354 g/mol. The van der Waals surface area contributed by atoms with Crippen LogP contribution in [0.2, 0.25) is 5.02 Å². The third-order valence-corrected chi connectivity index (χ3v) is 5.09. The van der Waals surface area contributed by atoms with E-state index in [1.165, 1.54) is 0 Å². The lowest BCUT2D eigenvalue weighted by atomic mass is 10.0. The Kier molecular flexibility index (Phi) is 4.80. The second-order valence-corrected chi connectivity index (χ2v) is 6.84. The second kappa shape index (κ2) is 7.23. The van der Waals surface area contributed by atoms with Crippen LogP contribution in [0.4, 0.5) is 11.4 Å². The topological polar surface area (TPSA) is 63.7 Å². The summed E-state index contributed by atoms with van der Waals surface area (Å²) in [4.78, 5) is 18.8. The second-order valence-electron chi connectivity index (χ2n) is 6.44. The first kappa shape index (κ1) is 17.3. The molecule has 2 fully saturated rings. The molecule has 136 valence electrons. The van der Waals surface area contributed by atoms with Gasteiger partial charge in [0, 0.05) is 25.9 Å². The molecule has 0 atom stereocenters. The van der Waals surface area contributed by atoms with Gasteiger partial charge in [0.05, 0.1) is 35.8 Å². The predicted octanol–water partition coefficient (Wildman–Crippen LogP) is 3.46. The molecule has 4 rings (SSSR count). The number of para-hydroxylation sites is 1. The van der Waals surface area contributed by atoms with Crippen LogP contribution in [-0.4, -0.2) is 47.9 Å². The number of likely N-dealkylation sites (tertiary alicyclic amines) is 1. The van der Waals surface area contributed by atoms with Gasteiger partial charge < -0.3 is 19.7 Å². The molecule has 0 saturated carbocycles. The molecule has 0 radical (unpaired) electrons. The SMILES string of the molecule is O=C(c1ccc(Nc2ccccc2Cl)cn1)N1CCC2(CC1)OCCO2. The van der Waals surface area contributed by atoms with Crippen molar-refractivity contribution in [2.45, 2.75) is 18.6 Å². The summed E-state index contributed by atoms with van der Waals surface area (Å²) in [6.45, 7) is 2.49. The van der Waals surface area contributed by atoms with E-state index >= 15 is 0 Å². The molecule has 6 nitrogen and oxygen atoms in total. The summed E-state index contributed by atoms with van der Waals surface area (Å²) in [5.41, 5.74) is 2.01. The van der Waals surface area contributed by atoms with Crippen LogP contribution >= 0.6 is 11.6 Å². The van der Waals surface area contributed by atoms with Gasteiger partial charge in [0.2, 0.25) is 0 Å². The van der Waals surface area contributed by atoms with Crippen LogP contribution in [0.5, 0.6) is 0 Å². The first-order chi connectivity index (χ1) is 12.7. The highest BCUT2D eigenvalue weighted by Gasteiger charge is 2.40. The summed E-state index contributed by atoms with van der Waals surface area (Å²) >= 11 is 6.14. The van der Waals surface area contributed by atoms with Gasteiger partial charge in [-0.2, -0.15) is 0 Å². The summed E-state index contributed by atoms with van der Waals surface area (Å²) in [6, 6.07) is 11.0. The van der Waals surface area contributed by atoms with E-state index in [1.54, 1.807) is 17.2 Å². The maximum absolute atomic E-state index is 12.7. The number of carbonyl (C=O) groups is 1. The molecular formula is C19H20ClN3O3. The van der Waals surface area contributed by atoms with Crippen molar-refractivity contribution in [3.05, 3.63) is 53.3 Å². The van der Waals surface area contributed by atoms with Gasteiger partial charge in [0.15, 0.2) is 5.79 Å². The van der Waals surface area contributed by atoms with Crippen LogP contribution in [0.1, 0.15) is 23.3 Å². The number of aromatic nitrogens is 1. The molecule has 2 saturated heterocycles. The minimum Gasteiger partial charge on any atom is -0.353 e. The Hall–Kier alpha value is -2.15. The number of anilines is 2. The summed E-state index contributed by atoms with van der Waals surface area (Å²) in [5, 5.41) is 3.83. The van der Waals surface area contributed by atoms with Crippen molar-refractivity contribution in [1.29, 1.82) is 0 Å². The van der Waals surface area contributed by atoms with Gasteiger partial charge in [0.25, 0.3) is 5.91 Å². The number of carbonyl (C=O) groups excluding carboxylic acids is 1. The van der Waals surface area contributed by atoms with Crippen molar-refractivity contribution in [2.24, 2.45) is 0 Å². The third kappa shape index (κ3) is 3.53. The summed E-state index contributed by atoms with van der Waals surface area (Å²) in [6.07, 6.45) is 3.04. The Labute approximate surface area is 157 Å². The summed E-state index contributed by atoms with van der Waals surface area (Å²) < 4.78 is 11.4. The lowest BCUT2D eigenvalue weighted by molar-refractivity contribution is -0.181. The molecule has 1 spiro atoms. The van der Waals surface area contributed by atoms with Gasteiger partial charge in [-0.3, -0.25) is 4.79 Å². The Morgan fingerprint density at radius 3 is 2.50 bits per heavy atom. The van der Waals surface area contributed by atoms with Gasteiger partial charge in [-0.1, -0.05) is 23.7 Å². The van der Waals surface area contributed by atoms with Gasteiger partial charge in [-0.05, 0) is 24.3 Å². The van der Waals surface area contributed by atoms with Crippen LogP contribution in [0, 0.1) is 0 Å². The monoisotopic (exact) mass is 373 g/mol. The molecule has 0 aliphatic carbocycles. The van der Waals surface area contributed by atoms with E-state index in [1.807, 2.05) is 30.3 Å². The smallest absolute Gasteiger partial charge is 0.272 e. The standard InChI is InChI=1S/C19H20ClN3O3/c20-15-3-1-2-4-16(15)22-14-5-6-17(21-13-14)18(24)23-9-7-19(8-10-23)25-11-12-26-19/h1-6,13,22H,7-12H2. The largest absolute Gasteiger partial charge is 0.353 e. The fourth-order valence-electron chi connectivity index (χ4n) is 3.31. The number of halogens is 1.